The van der Waals surface area contributed by atoms with E-state index in [1.807, 2.05) is 0 Å². The molecule has 0 saturated carbocycles. The largest absolute Gasteiger partial charge is 0.437 e. The quantitative estimate of drug-likeness (QED) is 0.207. The fraction of sp³-hybridized carbons (Fsp3) is 1.00. The summed E-state index contributed by atoms with van der Waals surface area (Å²) in [6.45, 7) is 31.1. The minimum Gasteiger partial charge on any atom is -0.437 e. The van der Waals surface area contributed by atoms with Crippen LogP contribution in [0.25, 0.3) is 0 Å². The number of aliphatic hydroxyl groups excluding tert-OH is 1. The van der Waals surface area contributed by atoms with Gasteiger partial charge in [0.05, 0.1) is 13.2 Å². The summed E-state index contributed by atoms with van der Waals surface area (Å²) in [4.78, 5) is 0. The first-order valence-electron chi connectivity index (χ1n) is 11.7. The van der Waals surface area contributed by atoms with Crippen LogP contribution in [0.4, 0.5) is 0 Å². The first-order chi connectivity index (χ1) is 13.3. The highest BCUT2D eigenvalue weighted by atomic mass is 28.5. The van der Waals surface area contributed by atoms with Gasteiger partial charge in [0, 0.05) is 6.61 Å². The highest BCUT2D eigenvalue weighted by Gasteiger charge is 2.40. The molecule has 0 atom stereocenters. The second-order valence-electron chi connectivity index (χ2n) is 12.2. The molecule has 10 heteroatoms. The van der Waals surface area contributed by atoms with Crippen LogP contribution in [0.1, 0.15) is 12.8 Å². The molecule has 0 unspecified atom stereocenters. The molecule has 0 saturated heterocycles. The molecule has 0 bridgehead atoms. The molecular formula is C20H53NO4Si5. The molecule has 182 valence electrons. The molecule has 1 N–H and O–H groups in total. The summed E-state index contributed by atoms with van der Waals surface area (Å²) in [5.74, 6) is 0. The van der Waals surface area contributed by atoms with Crippen LogP contribution >= 0.6 is 0 Å². The van der Waals surface area contributed by atoms with Gasteiger partial charge in [0.25, 0.3) is 0 Å². The smallest absolute Gasteiger partial charge is 0.311 e. The van der Waals surface area contributed by atoms with Gasteiger partial charge in [0.15, 0.2) is 16.6 Å². The van der Waals surface area contributed by atoms with Crippen LogP contribution in [-0.4, -0.2) is 77.4 Å². The maximum absolute atomic E-state index is 8.81. The third kappa shape index (κ3) is 14.1. The van der Waals surface area contributed by atoms with Crippen molar-refractivity contribution in [2.45, 2.75) is 103 Å². The fourth-order valence-electron chi connectivity index (χ4n) is 4.56. The summed E-state index contributed by atoms with van der Waals surface area (Å²) in [6.07, 6.45) is 2.23. The number of nitrogens with zero attached hydrogens (tertiary/aromatic N) is 1. The fourth-order valence-corrected chi connectivity index (χ4v) is 28.3. The lowest BCUT2D eigenvalue weighted by Gasteiger charge is -2.44. The van der Waals surface area contributed by atoms with Crippen molar-refractivity contribution in [1.29, 1.82) is 0 Å². The molecule has 0 heterocycles. The lowest BCUT2D eigenvalue weighted by atomic mass is 10.5. The van der Waals surface area contributed by atoms with Gasteiger partial charge in [0.1, 0.15) is 16.5 Å². The molecule has 0 aromatic heterocycles. The summed E-state index contributed by atoms with van der Waals surface area (Å²) in [6, 6.07) is 2.27. The second kappa shape index (κ2) is 12.4. The van der Waals surface area contributed by atoms with Gasteiger partial charge < -0.3 is 22.3 Å². The van der Waals surface area contributed by atoms with Gasteiger partial charge in [-0.3, -0.25) is 0 Å². The van der Waals surface area contributed by atoms with E-state index in [9.17, 15) is 0 Å². The number of rotatable bonds is 16. The number of ether oxygens (including phenoxy) is 1. The second-order valence-corrected chi connectivity index (χ2v) is 34.8. The summed E-state index contributed by atoms with van der Waals surface area (Å²) >= 11 is 0. The molecule has 5 nitrogen and oxygen atoms in total. The van der Waals surface area contributed by atoms with E-state index in [2.05, 4.69) is 82.8 Å². The maximum atomic E-state index is 8.81. The van der Waals surface area contributed by atoms with E-state index in [1.54, 1.807) is 0 Å². The molecule has 0 radical (unpaired) electrons. The Morgan fingerprint density at radius 3 is 1.47 bits per heavy atom. The zero-order chi connectivity index (χ0) is 23.9. The molecule has 0 aliphatic carbocycles. The van der Waals surface area contributed by atoms with Gasteiger partial charge in [-0.15, -0.1) is 0 Å². The van der Waals surface area contributed by atoms with Crippen molar-refractivity contribution in [2.75, 3.05) is 26.4 Å². The summed E-state index contributed by atoms with van der Waals surface area (Å²) < 4.78 is 21.8. The molecule has 0 amide bonds. The first-order valence-corrected chi connectivity index (χ1v) is 27.6. The SMILES string of the molecule is C[Si](C)(CCCOCCO)O[Si](C)(C)O[Si](C)(C)CCCN([Si](C)(C)C)[Si](C)(C)C. The Morgan fingerprint density at radius 1 is 0.633 bits per heavy atom. The van der Waals surface area contributed by atoms with E-state index in [0.29, 0.717) is 13.2 Å². The van der Waals surface area contributed by atoms with E-state index < -0.39 is 41.7 Å². The highest BCUT2D eigenvalue weighted by Crippen LogP contribution is 2.27. The lowest BCUT2D eigenvalue weighted by Crippen LogP contribution is -2.59. The van der Waals surface area contributed by atoms with Crippen molar-refractivity contribution in [3.8, 4) is 0 Å². The van der Waals surface area contributed by atoms with Crippen molar-refractivity contribution in [3.05, 3.63) is 0 Å². The monoisotopic (exact) mass is 511 g/mol. The number of hydrogen-bond donors (Lipinski definition) is 1. The Morgan fingerprint density at radius 2 is 1.07 bits per heavy atom. The van der Waals surface area contributed by atoms with Crippen LogP contribution in [0, 0.1) is 0 Å². The van der Waals surface area contributed by atoms with Crippen LogP contribution in [0.2, 0.25) is 90.7 Å². The zero-order valence-electron chi connectivity index (χ0n) is 22.3. The maximum Gasteiger partial charge on any atom is 0.311 e. The van der Waals surface area contributed by atoms with Crippen LogP contribution in [-0.2, 0) is 13.0 Å². The predicted octanol–water partition coefficient (Wildman–Crippen LogP) is 5.89. The van der Waals surface area contributed by atoms with Gasteiger partial charge in [0.2, 0.25) is 0 Å². The third-order valence-corrected chi connectivity index (χ3v) is 24.3. The molecule has 0 fully saturated rings. The van der Waals surface area contributed by atoms with E-state index in [4.69, 9.17) is 18.1 Å². The van der Waals surface area contributed by atoms with Gasteiger partial charge >= 0.3 is 8.56 Å². The predicted molar refractivity (Wildman–Crippen MR) is 145 cm³/mol. The van der Waals surface area contributed by atoms with Gasteiger partial charge in [-0.1, -0.05) is 39.3 Å². The standard InChI is InChI=1S/C20H53NO4Si5/c1-26(2,3)21(27(4,5)6)15-13-19-28(7,8)24-30(11,12)25-29(9,10)20-14-17-23-18-16-22/h22H,13-20H2,1-12H3. The third-order valence-electron chi connectivity index (χ3n) is 5.13. The topological polar surface area (TPSA) is 51.2 Å². The molecular weight excluding hydrogens is 459 g/mol. The van der Waals surface area contributed by atoms with Crippen molar-refractivity contribution in [2.24, 2.45) is 0 Å². The van der Waals surface area contributed by atoms with E-state index in [1.165, 1.54) is 19.0 Å². The van der Waals surface area contributed by atoms with E-state index >= 15 is 0 Å². The van der Waals surface area contributed by atoms with Gasteiger partial charge in [-0.2, -0.15) is 0 Å². The average Bonchev–Trinajstić information content (AvgIpc) is 2.46. The Bertz CT molecular complexity index is 477. The Labute approximate surface area is 193 Å². The zero-order valence-corrected chi connectivity index (χ0v) is 27.3. The molecule has 30 heavy (non-hydrogen) atoms. The van der Waals surface area contributed by atoms with E-state index in [-0.39, 0.29) is 6.61 Å². The number of hydrogen-bond acceptors (Lipinski definition) is 5. The first kappa shape index (κ1) is 30.9. The minimum atomic E-state index is -2.15. The van der Waals surface area contributed by atoms with Crippen molar-refractivity contribution in [3.63, 3.8) is 0 Å². The van der Waals surface area contributed by atoms with Crippen LogP contribution in [0.3, 0.4) is 0 Å². The summed E-state index contributed by atoms with van der Waals surface area (Å²) in [5, 5.41) is 8.81. The Kier molecular flexibility index (Phi) is 12.7. The van der Waals surface area contributed by atoms with E-state index in [0.717, 1.165) is 12.5 Å². The molecule has 0 spiro atoms. The Balaban J connectivity index is 4.69. The summed E-state index contributed by atoms with van der Waals surface area (Å²) in [7, 11) is -8.26. The van der Waals surface area contributed by atoms with Crippen LogP contribution in [0.5, 0.6) is 0 Å². The van der Waals surface area contributed by atoms with Crippen LogP contribution in [0.15, 0.2) is 0 Å². The average molecular weight is 512 g/mol. The lowest BCUT2D eigenvalue weighted by molar-refractivity contribution is 0.0923. The molecule has 0 aromatic carbocycles. The van der Waals surface area contributed by atoms with Crippen molar-refractivity contribution < 1.29 is 18.1 Å². The molecule has 0 rings (SSSR count). The van der Waals surface area contributed by atoms with Gasteiger partial charge in [-0.25, -0.2) is 0 Å². The van der Waals surface area contributed by atoms with Gasteiger partial charge in [-0.05, 0) is 70.8 Å². The minimum absolute atomic E-state index is 0.0957. The number of aliphatic hydroxyl groups is 1. The Hall–Kier alpha value is 0.884. The normalized spacial score (nSPS) is 14.6. The van der Waals surface area contributed by atoms with Crippen molar-refractivity contribution in [1.82, 2.24) is 4.23 Å². The molecule has 0 aliphatic rings. The molecule has 0 aliphatic heterocycles. The highest BCUT2D eigenvalue weighted by molar-refractivity contribution is 6.89. The van der Waals surface area contributed by atoms with Crippen LogP contribution < -0.4 is 0 Å². The summed E-state index contributed by atoms with van der Waals surface area (Å²) in [5.41, 5.74) is 0. The van der Waals surface area contributed by atoms with Crippen molar-refractivity contribution >= 4 is 41.7 Å². The molecule has 0 aromatic rings.